The van der Waals surface area contributed by atoms with Crippen molar-refractivity contribution >= 4 is 45.1 Å². The van der Waals surface area contributed by atoms with Crippen LogP contribution in [0, 0.1) is 6.92 Å². The van der Waals surface area contributed by atoms with Gasteiger partial charge in [0.2, 0.25) is 0 Å². The SMILES string of the molecule is Cc1ccc(Br)cc1CSc1c(Cl)cccc1C1=NCCCN1. The molecule has 5 heteroatoms. The lowest BCUT2D eigenvalue weighted by Crippen LogP contribution is -2.30. The Kier molecular flexibility index (Phi) is 5.67. The molecule has 0 spiro atoms. The lowest BCUT2D eigenvalue weighted by Gasteiger charge is -2.18. The largest absolute Gasteiger partial charge is 0.370 e. The smallest absolute Gasteiger partial charge is 0.129 e. The van der Waals surface area contributed by atoms with Gasteiger partial charge in [-0.25, -0.2) is 0 Å². The fourth-order valence-corrected chi connectivity index (χ4v) is 4.38. The molecule has 1 N–H and O–H groups in total. The summed E-state index contributed by atoms with van der Waals surface area (Å²) in [5.74, 6) is 1.85. The molecule has 0 radical (unpaired) electrons. The summed E-state index contributed by atoms with van der Waals surface area (Å²) in [6, 6.07) is 12.4. The number of nitrogens with zero attached hydrogens (tertiary/aromatic N) is 1. The van der Waals surface area contributed by atoms with Gasteiger partial charge in [0.25, 0.3) is 0 Å². The van der Waals surface area contributed by atoms with Gasteiger partial charge in [-0.15, -0.1) is 11.8 Å². The number of amidine groups is 1. The van der Waals surface area contributed by atoms with E-state index in [9.17, 15) is 0 Å². The van der Waals surface area contributed by atoms with Gasteiger partial charge in [0.15, 0.2) is 0 Å². The van der Waals surface area contributed by atoms with Gasteiger partial charge in [-0.05, 0) is 42.7 Å². The first-order chi connectivity index (χ1) is 11.1. The number of hydrogen-bond donors (Lipinski definition) is 1. The lowest BCUT2D eigenvalue weighted by atomic mass is 10.1. The first-order valence-corrected chi connectivity index (χ1v) is 9.76. The molecule has 0 saturated heterocycles. The fraction of sp³-hybridized carbons (Fsp3) is 0.278. The van der Waals surface area contributed by atoms with E-state index in [4.69, 9.17) is 11.6 Å². The van der Waals surface area contributed by atoms with Crippen LogP contribution in [0.15, 0.2) is 50.8 Å². The summed E-state index contributed by atoms with van der Waals surface area (Å²) in [6.45, 7) is 3.99. The molecule has 0 atom stereocenters. The van der Waals surface area contributed by atoms with Gasteiger partial charge < -0.3 is 5.32 Å². The maximum absolute atomic E-state index is 6.47. The molecule has 0 aliphatic carbocycles. The molecular weight excluding hydrogens is 392 g/mol. The number of thioether (sulfide) groups is 1. The highest BCUT2D eigenvalue weighted by Gasteiger charge is 2.15. The maximum atomic E-state index is 6.47. The van der Waals surface area contributed by atoms with Gasteiger partial charge in [0, 0.05) is 33.8 Å². The number of aliphatic imine (C=N–C) groups is 1. The molecule has 2 aromatic rings. The Labute approximate surface area is 154 Å². The van der Waals surface area contributed by atoms with E-state index in [0.717, 1.165) is 51.1 Å². The van der Waals surface area contributed by atoms with Crippen molar-refractivity contribution in [3.05, 3.63) is 62.6 Å². The third-order valence-corrected chi connectivity index (χ3v) is 5.91. The normalized spacial score (nSPS) is 14.3. The monoisotopic (exact) mass is 408 g/mol. The topological polar surface area (TPSA) is 24.4 Å². The van der Waals surface area contributed by atoms with Crippen LogP contribution < -0.4 is 5.32 Å². The number of rotatable bonds is 4. The van der Waals surface area contributed by atoms with E-state index in [1.54, 1.807) is 11.8 Å². The summed E-state index contributed by atoms with van der Waals surface area (Å²) in [5.41, 5.74) is 3.71. The Bertz CT molecular complexity index is 746. The van der Waals surface area contributed by atoms with Gasteiger partial charge in [-0.3, -0.25) is 4.99 Å². The van der Waals surface area contributed by atoms with Gasteiger partial charge in [-0.1, -0.05) is 45.7 Å². The molecule has 0 saturated carbocycles. The summed E-state index contributed by atoms with van der Waals surface area (Å²) in [5, 5.41) is 4.18. The summed E-state index contributed by atoms with van der Waals surface area (Å²) in [7, 11) is 0. The average Bonchev–Trinajstić information content (AvgIpc) is 2.57. The van der Waals surface area contributed by atoms with E-state index in [2.05, 4.69) is 57.4 Å². The average molecular weight is 410 g/mol. The summed E-state index contributed by atoms with van der Waals surface area (Å²) < 4.78 is 1.11. The fourth-order valence-electron chi connectivity index (χ4n) is 2.50. The predicted octanol–water partition coefficient (Wildman–Crippen LogP) is 5.44. The van der Waals surface area contributed by atoms with Crippen LogP contribution in [0.1, 0.15) is 23.1 Å². The van der Waals surface area contributed by atoms with E-state index < -0.39 is 0 Å². The lowest BCUT2D eigenvalue weighted by molar-refractivity contribution is 0.741. The van der Waals surface area contributed by atoms with Crippen molar-refractivity contribution in [2.75, 3.05) is 13.1 Å². The second kappa shape index (κ2) is 7.73. The molecule has 0 fully saturated rings. The van der Waals surface area contributed by atoms with Gasteiger partial charge in [-0.2, -0.15) is 0 Å². The Morgan fingerprint density at radius 1 is 1.30 bits per heavy atom. The van der Waals surface area contributed by atoms with Crippen molar-refractivity contribution in [3.8, 4) is 0 Å². The van der Waals surface area contributed by atoms with Crippen molar-refractivity contribution in [2.24, 2.45) is 4.99 Å². The molecule has 2 nitrogen and oxygen atoms in total. The molecule has 3 rings (SSSR count). The molecule has 1 heterocycles. The van der Waals surface area contributed by atoms with Crippen molar-refractivity contribution < 1.29 is 0 Å². The molecule has 23 heavy (non-hydrogen) atoms. The highest BCUT2D eigenvalue weighted by molar-refractivity contribution is 9.10. The second-order valence-corrected chi connectivity index (χ2v) is 7.80. The van der Waals surface area contributed by atoms with E-state index >= 15 is 0 Å². The van der Waals surface area contributed by atoms with Crippen LogP contribution in [0.3, 0.4) is 0 Å². The van der Waals surface area contributed by atoms with Gasteiger partial charge in [0.1, 0.15) is 5.84 Å². The third-order valence-electron chi connectivity index (χ3n) is 3.80. The first-order valence-electron chi connectivity index (χ1n) is 7.60. The van der Waals surface area contributed by atoms with Crippen molar-refractivity contribution in [1.82, 2.24) is 5.32 Å². The highest BCUT2D eigenvalue weighted by atomic mass is 79.9. The van der Waals surface area contributed by atoms with Gasteiger partial charge in [0.05, 0.1) is 5.02 Å². The number of hydrogen-bond acceptors (Lipinski definition) is 3. The zero-order valence-electron chi connectivity index (χ0n) is 12.9. The molecule has 1 aliphatic rings. The van der Waals surface area contributed by atoms with Crippen LogP contribution >= 0.6 is 39.3 Å². The minimum absolute atomic E-state index is 0.787. The zero-order chi connectivity index (χ0) is 16.2. The van der Waals surface area contributed by atoms with Crippen LogP contribution in [0.5, 0.6) is 0 Å². The van der Waals surface area contributed by atoms with Gasteiger partial charge >= 0.3 is 0 Å². The molecule has 0 bridgehead atoms. The molecule has 120 valence electrons. The maximum Gasteiger partial charge on any atom is 0.129 e. The van der Waals surface area contributed by atoms with Crippen molar-refractivity contribution in [3.63, 3.8) is 0 Å². The Morgan fingerprint density at radius 3 is 2.96 bits per heavy atom. The Balaban J connectivity index is 1.87. The number of benzene rings is 2. The molecule has 0 unspecified atom stereocenters. The molecule has 0 amide bonds. The summed E-state index contributed by atoms with van der Waals surface area (Å²) in [4.78, 5) is 5.71. The second-order valence-electron chi connectivity index (χ2n) is 5.49. The van der Waals surface area contributed by atoms with Crippen molar-refractivity contribution in [2.45, 2.75) is 24.0 Å². The Morgan fingerprint density at radius 2 is 2.17 bits per heavy atom. The van der Waals surface area contributed by atoms with Crippen LogP contribution in [0.25, 0.3) is 0 Å². The third kappa shape index (κ3) is 4.11. The highest BCUT2D eigenvalue weighted by Crippen LogP contribution is 2.34. The number of halogens is 2. The quantitative estimate of drug-likeness (QED) is 0.680. The van der Waals surface area contributed by atoms with Crippen LogP contribution in [0.4, 0.5) is 0 Å². The minimum Gasteiger partial charge on any atom is -0.370 e. The molecular formula is C18H18BrClN2S. The van der Waals surface area contributed by atoms with E-state index in [-0.39, 0.29) is 0 Å². The number of nitrogens with one attached hydrogen (secondary N) is 1. The number of aryl methyl sites for hydroxylation is 1. The van der Waals surface area contributed by atoms with E-state index in [0.29, 0.717) is 0 Å². The molecule has 1 aliphatic heterocycles. The first kappa shape index (κ1) is 16.9. The Hall–Kier alpha value is -0.970. The van der Waals surface area contributed by atoms with Crippen LogP contribution in [-0.4, -0.2) is 18.9 Å². The van der Waals surface area contributed by atoms with E-state index in [1.807, 2.05) is 12.1 Å². The standard InChI is InChI=1S/C18H18BrClN2S/c1-12-6-7-14(19)10-13(12)11-23-17-15(4-2-5-16(17)20)18-21-8-3-9-22-18/h2,4-7,10H,3,8-9,11H2,1H3,(H,21,22). The molecule has 2 aromatic carbocycles. The zero-order valence-corrected chi connectivity index (χ0v) is 16.1. The van der Waals surface area contributed by atoms with Crippen molar-refractivity contribution in [1.29, 1.82) is 0 Å². The molecule has 0 aromatic heterocycles. The van der Waals surface area contributed by atoms with E-state index in [1.165, 1.54) is 11.1 Å². The summed E-state index contributed by atoms with van der Waals surface area (Å²) >= 11 is 11.8. The predicted molar refractivity (Wildman–Crippen MR) is 104 cm³/mol. The minimum atomic E-state index is 0.787. The van der Waals surface area contributed by atoms with Crippen LogP contribution in [0.2, 0.25) is 5.02 Å². The van der Waals surface area contributed by atoms with Crippen LogP contribution in [-0.2, 0) is 5.75 Å². The summed E-state index contributed by atoms with van der Waals surface area (Å²) in [6.07, 6.45) is 1.09.